The summed E-state index contributed by atoms with van der Waals surface area (Å²) in [4.78, 5) is 23.1. The molecule has 0 heterocycles. The van der Waals surface area contributed by atoms with Gasteiger partial charge >= 0.3 is 0 Å². The van der Waals surface area contributed by atoms with E-state index in [1.54, 1.807) is 0 Å². The lowest BCUT2D eigenvalue weighted by Gasteiger charge is -2.22. The van der Waals surface area contributed by atoms with Gasteiger partial charge in [-0.3, -0.25) is 4.79 Å². The zero-order valence-electron chi connectivity index (χ0n) is 11.1. The molecule has 0 saturated carbocycles. The summed E-state index contributed by atoms with van der Waals surface area (Å²) in [6, 6.07) is 9.15. The van der Waals surface area contributed by atoms with E-state index in [-0.39, 0.29) is 24.0 Å². The molecule has 0 aliphatic carbocycles. The third-order valence-electron chi connectivity index (χ3n) is 2.66. The van der Waals surface area contributed by atoms with Crippen molar-refractivity contribution in [2.75, 3.05) is 0 Å². The first-order chi connectivity index (χ1) is 8.29. The Morgan fingerprint density at radius 1 is 1.17 bits per heavy atom. The van der Waals surface area contributed by atoms with E-state index in [1.807, 2.05) is 51.1 Å². The van der Waals surface area contributed by atoms with E-state index in [9.17, 15) is 14.7 Å². The van der Waals surface area contributed by atoms with Gasteiger partial charge in [0.2, 0.25) is 0 Å². The highest BCUT2D eigenvalue weighted by atomic mass is 16.4. The molecule has 1 rings (SSSR count). The molecule has 3 nitrogen and oxygen atoms in total. The van der Waals surface area contributed by atoms with Crippen molar-refractivity contribution >= 4 is 11.8 Å². The Hall–Kier alpha value is -1.64. The number of hydrogen-bond acceptors (Lipinski definition) is 3. The maximum absolute atomic E-state index is 12.0. The van der Waals surface area contributed by atoms with E-state index >= 15 is 0 Å². The Morgan fingerprint density at radius 3 is 2.17 bits per heavy atom. The van der Waals surface area contributed by atoms with Crippen LogP contribution < -0.4 is 5.11 Å². The fourth-order valence-corrected chi connectivity index (χ4v) is 1.82. The quantitative estimate of drug-likeness (QED) is 0.743. The number of aliphatic carboxylic acids is 1. The predicted octanol–water partition coefficient (Wildman–Crippen LogP) is 1.60. The van der Waals surface area contributed by atoms with Crippen molar-refractivity contribution in [1.29, 1.82) is 0 Å². The number of benzene rings is 1. The van der Waals surface area contributed by atoms with E-state index in [0.717, 1.165) is 5.56 Å². The molecule has 0 spiro atoms. The molecule has 1 unspecified atom stereocenters. The van der Waals surface area contributed by atoms with Gasteiger partial charge in [-0.05, 0) is 17.4 Å². The van der Waals surface area contributed by atoms with Crippen LogP contribution in [-0.2, 0) is 16.0 Å². The van der Waals surface area contributed by atoms with Gasteiger partial charge in [0.25, 0.3) is 0 Å². The molecular formula is C15H19O3-. The molecule has 0 fully saturated rings. The van der Waals surface area contributed by atoms with E-state index in [2.05, 4.69) is 0 Å². The molecule has 0 aliphatic heterocycles. The molecule has 18 heavy (non-hydrogen) atoms. The van der Waals surface area contributed by atoms with Gasteiger partial charge in [0.15, 0.2) is 0 Å². The summed E-state index contributed by atoms with van der Waals surface area (Å²) in [5, 5.41) is 11.1. The minimum absolute atomic E-state index is 0.206. The van der Waals surface area contributed by atoms with Gasteiger partial charge in [0.1, 0.15) is 5.78 Å². The maximum Gasteiger partial charge on any atom is 0.142 e. The van der Waals surface area contributed by atoms with Crippen LogP contribution in [0.2, 0.25) is 0 Å². The number of carbonyl (C=O) groups is 2. The number of hydrogen-bond donors (Lipinski definition) is 0. The lowest BCUT2D eigenvalue weighted by molar-refractivity contribution is -0.309. The first-order valence-electron chi connectivity index (χ1n) is 6.07. The SMILES string of the molecule is CC(C)(C)CC(=O)C(Cc1ccccc1)C(=O)[O-]. The molecule has 3 heteroatoms. The standard InChI is InChI=1S/C15H20O3/c1-15(2,3)10-13(16)12(14(17)18)9-11-7-5-4-6-8-11/h4-8,12H,9-10H2,1-3H3,(H,17,18)/p-1. The van der Waals surface area contributed by atoms with E-state index in [4.69, 9.17) is 0 Å². The molecule has 98 valence electrons. The highest BCUT2D eigenvalue weighted by Gasteiger charge is 2.25. The summed E-state index contributed by atoms with van der Waals surface area (Å²) >= 11 is 0. The topological polar surface area (TPSA) is 57.2 Å². The molecule has 1 aromatic rings. The molecule has 0 aliphatic rings. The maximum atomic E-state index is 12.0. The molecule has 0 aromatic heterocycles. The summed E-state index contributed by atoms with van der Waals surface area (Å²) < 4.78 is 0. The molecule has 0 saturated heterocycles. The minimum Gasteiger partial charge on any atom is -0.549 e. The molecule has 1 atom stereocenters. The van der Waals surface area contributed by atoms with Crippen molar-refractivity contribution in [2.45, 2.75) is 33.6 Å². The zero-order valence-corrected chi connectivity index (χ0v) is 11.1. The van der Waals surface area contributed by atoms with Gasteiger partial charge in [-0.25, -0.2) is 0 Å². The van der Waals surface area contributed by atoms with E-state index in [1.165, 1.54) is 0 Å². The second-order valence-corrected chi connectivity index (χ2v) is 5.77. The molecular weight excluding hydrogens is 228 g/mol. The number of carboxylic acids is 1. The van der Waals surface area contributed by atoms with Crippen LogP contribution in [0.5, 0.6) is 0 Å². The summed E-state index contributed by atoms with van der Waals surface area (Å²) in [6.07, 6.45) is 0.455. The van der Waals surface area contributed by atoms with Crippen LogP contribution in [0.25, 0.3) is 0 Å². The summed E-state index contributed by atoms with van der Waals surface area (Å²) in [5.74, 6) is -2.59. The lowest BCUT2D eigenvalue weighted by atomic mass is 9.83. The number of carboxylic acid groups (broad SMARTS) is 1. The van der Waals surface area contributed by atoms with Crippen LogP contribution in [0.1, 0.15) is 32.8 Å². The number of ketones is 1. The second kappa shape index (κ2) is 5.80. The van der Waals surface area contributed by atoms with Gasteiger partial charge in [-0.15, -0.1) is 0 Å². The van der Waals surface area contributed by atoms with Crippen LogP contribution in [-0.4, -0.2) is 11.8 Å². The van der Waals surface area contributed by atoms with Crippen LogP contribution in [0.15, 0.2) is 30.3 Å². The Kier molecular flexibility index (Phi) is 4.65. The van der Waals surface area contributed by atoms with Gasteiger partial charge in [0.05, 0.1) is 11.9 Å². The Labute approximate surface area is 108 Å². The Morgan fingerprint density at radius 2 is 1.72 bits per heavy atom. The monoisotopic (exact) mass is 247 g/mol. The first-order valence-corrected chi connectivity index (χ1v) is 6.07. The van der Waals surface area contributed by atoms with Crippen molar-refractivity contribution in [3.05, 3.63) is 35.9 Å². The average Bonchev–Trinajstić information content (AvgIpc) is 2.24. The summed E-state index contributed by atoms with van der Waals surface area (Å²) in [6.45, 7) is 5.75. The van der Waals surface area contributed by atoms with E-state index < -0.39 is 11.9 Å². The first kappa shape index (κ1) is 14.4. The number of rotatable bonds is 5. The smallest absolute Gasteiger partial charge is 0.142 e. The van der Waals surface area contributed by atoms with Crippen LogP contribution in [0.3, 0.4) is 0 Å². The predicted molar refractivity (Wildman–Crippen MR) is 67.7 cm³/mol. The molecule has 0 N–H and O–H groups in total. The third-order valence-corrected chi connectivity index (χ3v) is 2.66. The molecule has 0 radical (unpaired) electrons. The van der Waals surface area contributed by atoms with Crippen molar-refractivity contribution in [1.82, 2.24) is 0 Å². The highest BCUT2D eigenvalue weighted by Crippen LogP contribution is 2.22. The second-order valence-electron chi connectivity index (χ2n) is 5.77. The zero-order chi connectivity index (χ0) is 13.8. The van der Waals surface area contributed by atoms with Crippen LogP contribution in [0.4, 0.5) is 0 Å². The fourth-order valence-electron chi connectivity index (χ4n) is 1.82. The van der Waals surface area contributed by atoms with Crippen LogP contribution in [0, 0.1) is 11.3 Å². The van der Waals surface area contributed by atoms with Crippen molar-refractivity contribution in [3.8, 4) is 0 Å². The average molecular weight is 247 g/mol. The molecule has 1 aromatic carbocycles. The van der Waals surface area contributed by atoms with Crippen LogP contribution >= 0.6 is 0 Å². The Balaban J connectivity index is 2.78. The lowest BCUT2D eigenvalue weighted by Crippen LogP contribution is -2.39. The Bertz CT molecular complexity index is 415. The van der Waals surface area contributed by atoms with E-state index in [0.29, 0.717) is 0 Å². The van der Waals surface area contributed by atoms with Crippen molar-refractivity contribution in [2.24, 2.45) is 11.3 Å². The minimum atomic E-state index is -1.28. The number of Topliss-reactive ketones (excluding diaryl/α,β-unsaturated/α-hetero) is 1. The van der Waals surface area contributed by atoms with Gasteiger partial charge in [0, 0.05) is 6.42 Å². The van der Waals surface area contributed by atoms with Gasteiger partial charge in [-0.2, -0.15) is 0 Å². The van der Waals surface area contributed by atoms with Crippen molar-refractivity contribution in [3.63, 3.8) is 0 Å². The normalized spacial score (nSPS) is 13.1. The summed E-state index contributed by atoms with van der Waals surface area (Å²) in [5.41, 5.74) is 0.635. The third kappa shape index (κ3) is 4.70. The fraction of sp³-hybridized carbons (Fsp3) is 0.467. The molecule has 0 amide bonds. The highest BCUT2D eigenvalue weighted by molar-refractivity contribution is 5.97. The summed E-state index contributed by atoms with van der Waals surface area (Å²) in [7, 11) is 0. The van der Waals surface area contributed by atoms with Gasteiger partial charge < -0.3 is 9.90 Å². The largest absolute Gasteiger partial charge is 0.549 e. The number of carbonyl (C=O) groups excluding carboxylic acids is 2. The van der Waals surface area contributed by atoms with Gasteiger partial charge in [-0.1, -0.05) is 51.1 Å². The van der Waals surface area contributed by atoms with Crippen molar-refractivity contribution < 1.29 is 14.7 Å². The molecule has 0 bridgehead atoms.